The molecule has 3 aromatic carbocycles. The molecule has 166 valence electrons. The molecule has 0 aromatic heterocycles. The highest BCUT2D eigenvalue weighted by Crippen LogP contribution is 2.53. The SMILES string of the molecule is C=CCCC(NC(=O)OCc1ccccc1)P(=O)(Oc1ccccc1)Oc1ccccc1. The Hall–Kier alpha value is -3.50. The number of ether oxygens (including phenoxy) is 1. The second kappa shape index (κ2) is 11.8. The molecule has 3 aromatic rings. The first-order valence-corrected chi connectivity index (χ1v) is 11.9. The standard InChI is InChI=1S/C25H26NO5P/c1-2-3-19-24(26-25(27)29-20-21-13-7-4-8-14-21)32(28,30-22-15-9-5-10-16-22)31-23-17-11-6-12-18-23/h2,4-18,24H,1,3,19-20H2,(H,26,27). The number of hydrogen-bond donors (Lipinski definition) is 1. The highest BCUT2D eigenvalue weighted by atomic mass is 31.2. The van der Waals surface area contributed by atoms with Crippen LogP contribution >= 0.6 is 7.60 Å². The molecule has 3 rings (SSSR count). The minimum Gasteiger partial charge on any atom is -0.445 e. The van der Waals surface area contributed by atoms with Crippen molar-refractivity contribution in [2.75, 3.05) is 0 Å². The second-order valence-corrected chi connectivity index (χ2v) is 9.00. The predicted molar refractivity (Wildman–Crippen MR) is 125 cm³/mol. The molecule has 0 radical (unpaired) electrons. The third kappa shape index (κ3) is 7.03. The number of amides is 1. The van der Waals surface area contributed by atoms with E-state index in [1.165, 1.54) is 0 Å². The summed E-state index contributed by atoms with van der Waals surface area (Å²) in [6, 6.07) is 26.7. The second-order valence-electron chi connectivity index (χ2n) is 6.94. The maximum Gasteiger partial charge on any atom is 0.453 e. The maximum atomic E-state index is 14.0. The minimum absolute atomic E-state index is 0.0875. The van der Waals surface area contributed by atoms with E-state index in [2.05, 4.69) is 11.9 Å². The van der Waals surface area contributed by atoms with Crippen LogP contribution in [-0.2, 0) is 15.9 Å². The van der Waals surface area contributed by atoms with Gasteiger partial charge in [-0.3, -0.25) is 0 Å². The number of alkyl carbamates (subject to hydrolysis) is 1. The van der Waals surface area contributed by atoms with E-state index < -0.39 is 19.5 Å². The molecular weight excluding hydrogens is 425 g/mol. The van der Waals surface area contributed by atoms with E-state index in [1.54, 1.807) is 54.6 Å². The van der Waals surface area contributed by atoms with Gasteiger partial charge in [0, 0.05) is 0 Å². The molecule has 0 aliphatic rings. The third-order valence-corrected chi connectivity index (χ3v) is 6.56. The summed E-state index contributed by atoms with van der Waals surface area (Å²) in [5.41, 5.74) is 0.842. The molecule has 0 spiro atoms. The molecular formula is C25H26NO5P. The van der Waals surface area contributed by atoms with E-state index in [-0.39, 0.29) is 6.61 Å². The van der Waals surface area contributed by atoms with Gasteiger partial charge in [0.05, 0.1) is 0 Å². The van der Waals surface area contributed by atoms with Crippen molar-refractivity contribution >= 4 is 13.7 Å². The fraction of sp³-hybridized carbons (Fsp3) is 0.160. The summed E-state index contributed by atoms with van der Waals surface area (Å²) in [6.45, 7) is 3.81. The van der Waals surface area contributed by atoms with Gasteiger partial charge in [-0.05, 0) is 42.7 Å². The Morgan fingerprint density at radius 2 is 1.38 bits per heavy atom. The van der Waals surface area contributed by atoms with Crippen molar-refractivity contribution in [3.63, 3.8) is 0 Å². The Balaban J connectivity index is 1.81. The Bertz CT molecular complexity index is 982. The molecule has 1 N–H and O–H groups in total. The van der Waals surface area contributed by atoms with Crippen molar-refractivity contribution in [1.82, 2.24) is 5.32 Å². The van der Waals surface area contributed by atoms with Crippen molar-refractivity contribution in [2.24, 2.45) is 0 Å². The summed E-state index contributed by atoms with van der Waals surface area (Å²) >= 11 is 0. The van der Waals surface area contributed by atoms with Crippen LogP contribution in [0.25, 0.3) is 0 Å². The summed E-state index contributed by atoms with van der Waals surface area (Å²) < 4.78 is 31.1. The van der Waals surface area contributed by atoms with Gasteiger partial charge in [0.2, 0.25) is 0 Å². The first-order valence-electron chi connectivity index (χ1n) is 10.3. The lowest BCUT2D eigenvalue weighted by atomic mass is 10.2. The number of nitrogens with one attached hydrogen (secondary N) is 1. The van der Waals surface area contributed by atoms with Crippen molar-refractivity contribution in [2.45, 2.75) is 25.2 Å². The van der Waals surface area contributed by atoms with Crippen LogP contribution < -0.4 is 14.4 Å². The molecule has 1 amide bonds. The molecule has 1 unspecified atom stereocenters. The van der Waals surface area contributed by atoms with E-state index >= 15 is 0 Å². The van der Waals surface area contributed by atoms with E-state index in [4.69, 9.17) is 13.8 Å². The molecule has 0 heterocycles. The van der Waals surface area contributed by atoms with Gasteiger partial charge in [-0.15, -0.1) is 6.58 Å². The number of carbonyl (C=O) groups excluding carboxylic acids is 1. The number of carbonyl (C=O) groups is 1. The number of allylic oxidation sites excluding steroid dienone is 1. The third-order valence-electron chi connectivity index (χ3n) is 4.47. The van der Waals surface area contributed by atoms with Crippen molar-refractivity contribution in [3.05, 3.63) is 109 Å². The van der Waals surface area contributed by atoms with Crippen LogP contribution in [0, 0.1) is 0 Å². The summed E-state index contributed by atoms with van der Waals surface area (Å²) in [7, 11) is -3.91. The molecule has 0 saturated heterocycles. The van der Waals surface area contributed by atoms with Crippen molar-refractivity contribution < 1.29 is 23.1 Å². The molecule has 6 nitrogen and oxygen atoms in total. The lowest BCUT2D eigenvalue weighted by Crippen LogP contribution is -2.37. The van der Waals surface area contributed by atoms with Gasteiger partial charge in [0.1, 0.15) is 18.1 Å². The zero-order chi connectivity index (χ0) is 22.7. The Labute approximate surface area is 188 Å². The molecule has 0 bridgehead atoms. The summed E-state index contributed by atoms with van der Waals surface area (Å²) in [6.07, 6.45) is 1.75. The van der Waals surface area contributed by atoms with E-state index in [9.17, 15) is 9.36 Å². The summed E-state index contributed by atoms with van der Waals surface area (Å²) in [5, 5.41) is 2.68. The zero-order valence-electron chi connectivity index (χ0n) is 17.6. The van der Waals surface area contributed by atoms with Crippen LogP contribution in [-0.4, -0.2) is 11.9 Å². The largest absolute Gasteiger partial charge is 0.453 e. The summed E-state index contributed by atoms with van der Waals surface area (Å²) in [5.74, 6) is -0.214. The molecule has 1 atom stereocenters. The van der Waals surface area contributed by atoms with Crippen molar-refractivity contribution in [3.8, 4) is 11.5 Å². The highest BCUT2D eigenvalue weighted by molar-refractivity contribution is 7.55. The van der Waals surface area contributed by atoms with Crippen LogP contribution in [0.2, 0.25) is 0 Å². The Morgan fingerprint density at radius 1 is 0.875 bits per heavy atom. The van der Waals surface area contributed by atoms with Gasteiger partial charge in [-0.1, -0.05) is 72.8 Å². The fourth-order valence-corrected chi connectivity index (χ4v) is 4.74. The highest BCUT2D eigenvalue weighted by Gasteiger charge is 2.40. The first-order chi connectivity index (χ1) is 15.6. The lowest BCUT2D eigenvalue weighted by molar-refractivity contribution is 0.137. The van der Waals surface area contributed by atoms with Gasteiger partial charge in [-0.25, -0.2) is 9.36 Å². The van der Waals surface area contributed by atoms with Crippen LogP contribution in [0.5, 0.6) is 11.5 Å². The zero-order valence-corrected chi connectivity index (χ0v) is 18.5. The molecule has 0 aliphatic heterocycles. The van der Waals surface area contributed by atoms with Crippen LogP contribution in [0.4, 0.5) is 4.79 Å². The number of rotatable bonds is 11. The van der Waals surface area contributed by atoms with Gasteiger partial charge < -0.3 is 19.1 Å². The van der Waals surface area contributed by atoms with Gasteiger partial charge >= 0.3 is 13.7 Å². The molecule has 7 heteroatoms. The molecule has 0 aliphatic carbocycles. The lowest BCUT2D eigenvalue weighted by Gasteiger charge is -2.27. The topological polar surface area (TPSA) is 73.9 Å². The molecule has 32 heavy (non-hydrogen) atoms. The Morgan fingerprint density at radius 3 is 1.88 bits per heavy atom. The number of para-hydroxylation sites is 2. The molecule has 0 fully saturated rings. The average molecular weight is 451 g/mol. The summed E-state index contributed by atoms with van der Waals surface area (Å²) in [4.78, 5) is 12.6. The van der Waals surface area contributed by atoms with Crippen molar-refractivity contribution in [1.29, 1.82) is 0 Å². The number of hydrogen-bond acceptors (Lipinski definition) is 5. The van der Waals surface area contributed by atoms with Crippen LogP contribution in [0.1, 0.15) is 18.4 Å². The van der Waals surface area contributed by atoms with Crippen LogP contribution in [0.15, 0.2) is 104 Å². The van der Waals surface area contributed by atoms with E-state index in [1.807, 2.05) is 42.5 Å². The quantitative estimate of drug-likeness (QED) is 0.264. The maximum absolute atomic E-state index is 14.0. The van der Waals surface area contributed by atoms with Gasteiger partial charge in [0.25, 0.3) is 0 Å². The van der Waals surface area contributed by atoms with E-state index in [0.717, 1.165) is 5.56 Å². The average Bonchev–Trinajstić information content (AvgIpc) is 2.82. The van der Waals surface area contributed by atoms with E-state index in [0.29, 0.717) is 24.3 Å². The smallest absolute Gasteiger partial charge is 0.445 e. The predicted octanol–water partition coefficient (Wildman–Crippen LogP) is 6.56. The first kappa shape index (κ1) is 23.2. The Kier molecular flexibility index (Phi) is 8.52. The van der Waals surface area contributed by atoms with Gasteiger partial charge in [0.15, 0.2) is 5.78 Å². The number of benzene rings is 3. The molecule has 0 saturated carbocycles. The van der Waals surface area contributed by atoms with Crippen LogP contribution in [0.3, 0.4) is 0 Å². The normalized spacial score (nSPS) is 11.8. The fourth-order valence-electron chi connectivity index (χ4n) is 2.89. The van der Waals surface area contributed by atoms with Gasteiger partial charge in [-0.2, -0.15) is 0 Å². The minimum atomic E-state index is -3.91. The monoisotopic (exact) mass is 451 g/mol.